The van der Waals surface area contributed by atoms with E-state index in [-0.39, 0.29) is 0 Å². The minimum Gasteiger partial charge on any atom is -0.497 e. The quantitative estimate of drug-likeness (QED) is 0.548. The number of halogens is 1. The number of aryl methyl sites for hydroxylation is 1. The van der Waals surface area contributed by atoms with Crippen LogP contribution in [0.1, 0.15) is 36.5 Å². The summed E-state index contributed by atoms with van der Waals surface area (Å²) in [5.41, 5.74) is 1.08. The van der Waals surface area contributed by atoms with Crippen molar-refractivity contribution in [3.8, 4) is 5.75 Å². The second-order valence-electron chi connectivity index (χ2n) is 6.88. The number of guanidine groups is 1. The molecule has 0 saturated carbocycles. The van der Waals surface area contributed by atoms with Gasteiger partial charge in [-0.05, 0) is 37.0 Å². The number of nitrogens with zero attached hydrogens (tertiary/aromatic N) is 4. The fraction of sp³-hybridized carbons (Fsp3) is 0.550. The van der Waals surface area contributed by atoms with Crippen LogP contribution in [0, 0.1) is 0 Å². The number of aromatic nitrogens is 3. The van der Waals surface area contributed by atoms with Gasteiger partial charge in [0, 0.05) is 44.5 Å². The largest absolute Gasteiger partial charge is 0.497 e. The van der Waals surface area contributed by atoms with Crippen molar-refractivity contribution in [1.82, 2.24) is 25.4 Å². The highest BCUT2D eigenvalue weighted by atomic mass is 35.5. The van der Waals surface area contributed by atoms with Gasteiger partial charge in [0.25, 0.3) is 0 Å². The Morgan fingerprint density at radius 2 is 2.00 bits per heavy atom. The van der Waals surface area contributed by atoms with Crippen molar-refractivity contribution in [2.24, 2.45) is 4.99 Å². The number of hydrogen-bond donors (Lipinski definition) is 2. The lowest BCUT2D eigenvalue weighted by Crippen LogP contribution is -2.39. The maximum Gasteiger partial charge on any atom is 0.191 e. The van der Waals surface area contributed by atoms with Crippen LogP contribution >= 0.6 is 11.6 Å². The first kappa shape index (κ1) is 20.5. The molecule has 1 aromatic heterocycles. The normalized spacial score (nSPS) is 14.3. The van der Waals surface area contributed by atoms with Gasteiger partial charge in [-0.15, -0.1) is 10.2 Å². The number of methoxy groups -OCH3 is 1. The third kappa shape index (κ3) is 5.38. The summed E-state index contributed by atoms with van der Waals surface area (Å²) in [5.74, 6) is 3.74. The smallest absolute Gasteiger partial charge is 0.191 e. The zero-order valence-electron chi connectivity index (χ0n) is 16.7. The van der Waals surface area contributed by atoms with Crippen LogP contribution in [0.4, 0.5) is 0 Å². The van der Waals surface area contributed by atoms with Gasteiger partial charge in [0.05, 0.1) is 7.11 Å². The SMILES string of the molecule is CN=C(NCCc1ccc(OC)cc1Cl)NCCc1nnc2n1CCCCC2. The Kier molecular flexibility index (Phi) is 7.54. The lowest BCUT2D eigenvalue weighted by molar-refractivity contribution is 0.414. The van der Waals surface area contributed by atoms with Gasteiger partial charge in [-0.2, -0.15) is 0 Å². The van der Waals surface area contributed by atoms with E-state index in [1.807, 2.05) is 18.2 Å². The van der Waals surface area contributed by atoms with Gasteiger partial charge < -0.3 is 19.9 Å². The number of hydrogen-bond acceptors (Lipinski definition) is 4. The van der Waals surface area contributed by atoms with E-state index in [1.54, 1.807) is 14.2 Å². The van der Waals surface area contributed by atoms with Crippen molar-refractivity contribution in [2.45, 2.75) is 45.1 Å². The molecule has 0 bridgehead atoms. The maximum absolute atomic E-state index is 6.30. The van der Waals surface area contributed by atoms with E-state index in [9.17, 15) is 0 Å². The summed E-state index contributed by atoms with van der Waals surface area (Å²) < 4.78 is 7.47. The number of aliphatic imine (C=N–C) groups is 1. The number of fused-ring (bicyclic) bond motifs is 1. The lowest BCUT2D eigenvalue weighted by Gasteiger charge is -2.13. The van der Waals surface area contributed by atoms with E-state index in [4.69, 9.17) is 16.3 Å². The second kappa shape index (κ2) is 10.3. The Bertz CT molecular complexity index is 804. The third-order valence-electron chi connectivity index (χ3n) is 5.00. The van der Waals surface area contributed by atoms with Crippen molar-refractivity contribution in [1.29, 1.82) is 0 Å². The molecule has 0 unspecified atom stereocenters. The van der Waals surface area contributed by atoms with Crippen molar-refractivity contribution in [2.75, 3.05) is 27.2 Å². The molecule has 1 aliphatic heterocycles. The summed E-state index contributed by atoms with van der Waals surface area (Å²) in [6.45, 7) is 2.54. The summed E-state index contributed by atoms with van der Waals surface area (Å²) in [6.07, 6.45) is 6.38. The first-order valence-electron chi connectivity index (χ1n) is 9.89. The molecule has 2 N–H and O–H groups in total. The molecule has 0 atom stereocenters. The highest BCUT2D eigenvalue weighted by Gasteiger charge is 2.14. The average Bonchev–Trinajstić information content (AvgIpc) is 2.94. The molecule has 0 amide bonds. The fourth-order valence-electron chi connectivity index (χ4n) is 3.42. The zero-order chi connectivity index (χ0) is 19.8. The van der Waals surface area contributed by atoms with Gasteiger partial charge in [0.15, 0.2) is 5.96 Å². The molecule has 3 rings (SSSR count). The Hall–Kier alpha value is -2.28. The number of ether oxygens (including phenoxy) is 1. The summed E-state index contributed by atoms with van der Waals surface area (Å²) >= 11 is 6.30. The maximum atomic E-state index is 6.30. The molecular weight excluding hydrogens is 376 g/mol. The van der Waals surface area contributed by atoms with Crippen LogP contribution < -0.4 is 15.4 Å². The van der Waals surface area contributed by atoms with Gasteiger partial charge in [0.2, 0.25) is 0 Å². The van der Waals surface area contributed by atoms with Crippen molar-refractivity contribution in [3.63, 3.8) is 0 Å². The molecule has 28 heavy (non-hydrogen) atoms. The number of nitrogens with one attached hydrogen (secondary N) is 2. The van der Waals surface area contributed by atoms with Gasteiger partial charge in [-0.25, -0.2) is 0 Å². The zero-order valence-corrected chi connectivity index (χ0v) is 17.4. The third-order valence-corrected chi connectivity index (χ3v) is 5.35. The lowest BCUT2D eigenvalue weighted by atomic mass is 10.1. The Morgan fingerprint density at radius 3 is 2.75 bits per heavy atom. The summed E-state index contributed by atoms with van der Waals surface area (Å²) in [7, 11) is 3.41. The van der Waals surface area contributed by atoms with Crippen molar-refractivity contribution in [3.05, 3.63) is 40.4 Å². The predicted molar refractivity (Wildman–Crippen MR) is 112 cm³/mol. The van der Waals surface area contributed by atoms with Gasteiger partial charge in [0.1, 0.15) is 17.4 Å². The fourth-order valence-corrected chi connectivity index (χ4v) is 3.68. The monoisotopic (exact) mass is 404 g/mol. The molecule has 7 nitrogen and oxygen atoms in total. The first-order chi connectivity index (χ1) is 13.7. The minimum atomic E-state index is 0.719. The number of rotatable bonds is 7. The summed E-state index contributed by atoms with van der Waals surface area (Å²) in [6, 6.07) is 5.76. The van der Waals surface area contributed by atoms with E-state index in [2.05, 4.69) is 30.4 Å². The molecule has 152 valence electrons. The van der Waals surface area contributed by atoms with E-state index in [0.717, 1.165) is 72.8 Å². The Balaban J connectivity index is 1.43. The van der Waals surface area contributed by atoms with Crippen LogP contribution in [0.3, 0.4) is 0 Å². The molecule has 1 aromatic carbocycles. The highest BCUT2D eigenvalue weighted by Crippen LogP contribution is 2.22. The van der Waals surface area contributed by atoms with E-state index in [1.165, 1.54) is 19.3 Å². The van der Waals surface area contributed by atoms with Crippen LogP contribution in [0.5, 0.6) is 5.75 Å². The van der Waals surface area contributed by atoms with Crippen LogP contribution in [0.15, 0.2) is 23.2 Å². The molecule has 8 heteroatoms. The Labute approximate surface area is 171 Å². The summed E-state index contributed by atoms with van der Waals surface area (Å²) in [5, 5.41) is 16.1. The van der Waals surface area contributed by atoms with Crippen LogP contribution in [0.2, 0.25) is 5.02 Å². The topological polar surface area (TPSA) is 76.4 Å². The number of benzene rings is 1. The molecule has 0 aliphatic carbocycles. The molecule has 0 radical (unpaired) electrons. The van der Waals surface area contributed by atoms with Crippen LogP contribution in [-0.2, 0) is 25.8 Å². The van der Waals surface area contributed by atoms with Crippen molar-refractivity contribution < 1.29 is 4.74 Å². The van der Waals surface area contributed by atoms with E-state index in [0.29, 0.717) is 0 Å². The minimum absolute atomic E-state index is 0.719. The van der Waals surface area contributed by atoms with Gasteiger partial charge in [-0.3, -0.25) is 4.99 Å². The molecule has 0 spiro atoms. The van der Waals surface area contributed by atoms with E-state index < -0.39 is 0 Å². The van der Waals surface area contributed by atoms with Crippen molar-refractivity contribution >= 4 is 17.6 Å². The standard InChI is InChI=1S/C20H29ClN6O/c1-22-20(23-11-9-15-7-8-16(28-2)14-17(15)21)24-12-10-19-26-25-18-6-4-3-5-13-27(18)19/h7-8,14H,3-6,9-13H2,1-2H3,(H2,22,23,24). The van der Waals surface area contributed by atoms with Gasteiger partial charge in [-0.1, -0.05) is 24.1 Å². The molecule has 0 fully saturated rings. The second-order valence-corrected chi connectivity index (χ2v) is 7.29. The first-order valence-corrected chi connectivity index (χ1v) is 10.3. The molecule has 1 aliphatic rings. The average molecular weight is 405 g/mol. The van der Waals surface area contributed by atoms with E-state index >= 15 is 0 Å². The molecule has 2 heterocycles. The predicted octanol–water partition coefficient (Wildman–Crippen LogP) is 2.62. The van der Waals surface area contributed by atoms with Crippen LogP contribution in [-0.4, -0.2) is 48.0 Å². The van der Waals surface area contributed by atoms with Gasteiger partial charge >= 0.3 is 0 Å². The molecular formula is C20H29ClN6O. The van der Waals surface area contributed by atoms with Crippen LogP contribution in [0.25, 0.3) is 0 Å². The Morgan fingerprint density at radius 1 is 1.18 bits per heavy atom. The molecule has 0 saturated heterocycles. The summed E-state index contributed by atoms with van der Waals surface area (Å²) in [4.78, 5) is 4.29. The highest BCUT2D eigenvalue weighted by molar-refractivity contribution is 6.31. The molecule has 2 aromatic rings.